The Balaban J connectivity index is 2.20. The second-order valence-electron chi connectivity index (χ2n) is 4.13. The Labute approximate surface area is 94.9 Å². The van der Waals surface area contributed by atoms with Crippen molar-refractivity contribution in [3.05, 3.63) is 29.3 Å². The maximum atomic E-state index is 10.2. The summed E-state index contributed by atoms with van der Waals surface area (Å²) in [5.74, 6) is 1.16. The van der Waals surface area contributed by atoms with Crippen LogP contribution in [-0.4, -0.2) is 16.1 Å². The van der Waals surface area contributed by atoms with E-state index in [-0.39, 0.29) is 0 Å². The molecule has 3 N–H and O–H groups in total. The first-order chi connectivity index (χ1) is 7.18. The van der Waals surface area contributed by atoms with E-state index in [0.717, 1.165) is 29.0 Å². The SMILES string of the molecule is Cc1ccc(C(O)C2CCCS2)c(N)c1. The van der Waals surface area contributed by atoms with Crippen LogP contribution >= 0.6 is 11.8 Å². The van der Waals surface area contributed by atoms with E-state index in [1.54, 1.807) is 0 Å². The predicted octanol–water partition coefficient (Wildman–Crippen LogP) is 2.51. The first-order valence-electron chi connectivity index (χ1n) is 5.34. The Morgan fingerprint density at radius 1 is 1.53 bits per heavy atom. The number of aliphatic hydroxyl groups excluding tert-OH is 1. The Morgan fingerprint density at radius 3 is 2.93 bits per heavy atom. The zero-order chi connectivity index (χ0) is 10.8. The van der Waals surface area contributed by atoms with Crippen LogP contribution < -0.4 is 5.73 Å². The maximum absolute atomic E-state index is 10.2. The molecule has 0 amide bonds. The molecule has 0 aromatic heterocycles. The Bertz CT molecular complexity index is 347. The fraction of sp³-hybridized carbons (Fsp3) is 0.500. The maximum Gasteiger partial charge on any atom is 0.0928 e. The van der Waals surface area contributed by atoms with E-state index in [9.17, 15) is 5.11 Å². The van der Waals surface area contributed by atoms with Gasteiger partial charge in [0.05, 0.1) is 6.10 Å². The van der Waals surface area contributed by atoms with E-state index in [2.05, 4.69) is 0 Å². The number of hydrogen-bond donors (Lipinski definition) is 2. The molecule has 15 heavy (non-hydrogen) atoms. The molecule has 1 aromatic rings. The summed E-state index contributed by atoms with van der Waals surface area (Å²) in [6.45, 7) is 2.01. The van der Waals surface area contributed by atoms with Crippen LogP contribution in [-0.2, 0) is 0 Å². The lowest BCUT2D eigenvalue weighted by molar-refractivity contribution is 0.174. The van der Waals surface area contributed by atoms with Gasteiger partial charge in [0.15, 0.2) is 0 Å². The van der Waals surface area contributed by atoms with Gasteiger partial charge >= 0.3 is 0 Å². The molecular formula is C12H17NOS. The van der Waals surface area contributed by atoms with Gasteiger partial charge in [-0.1, -0.05) is 12.1 Å². The van der Waals surface area contributed by atoms with E-state index < -0.39 is 6.10 Å². The number of benzene rings is 1. The molecule has 1 aromatic carbocycles. The van der Waals surface area contributed by atoms with Crippen molar-refractivity contribution in [2.45, 2.75) is 31.1 Å². The molecular weight excluding hydrogens is 206 g/mol. The van der Waals surface area contributed by atoms with Gasteiger partial charge in [0, 0.05) is 16.5 Å². The minimum Gasteiger partial charge on any atom is -0.398 e. The predicted molar refractivity (Wildman–Crippen MR) is 66.0 cm³/mol. The molecule has 0 aliphatic carbocycles. The van der Waals surface area contributed by atoms with Crippen molar-refractivity contribution in [3.63, 3.8) is 0 Å². The van der Waals surface area contributed by atoms with E-state index in [1.165, 1.54) is 6.42 Å². The molecule has 2 unspecified atom stereocenters. The van der Waals surface area contributed by atoms with Crippen LogP contribution in [0.3, 0.4) is 0 Å². The Kier molecular flexibility index (Phi) is 3.22. The summed E-state index contributed by atoms with van der Waals surface area (Å²) < 4.78 is 0. The average Bonchev–Trinajstić information content (AvgIpc) is 2.69. The summed E-state index contributed by atoms with van der Waals surface area (Å²) >= 11 is 1.85. The molecule has 1 aliphatic heterocycles. The van der Waals surface area contributed by atoms with Crippen LogP contribution in [0.5, 0.6) is 0 Å². The Morgan fingerprint density at radius 2 is 2.33 bits per heavy atom. The third-order valence-corrected chi connectivity index (χ3v) is 4.32. The number of thioether (sulfide) groups is 1. The lowest BCUT2D eigenvalue weighted by Crippen LogP contribution is -2.13. The lowest BCUT2D eigenvalue weighted by Gasteiger charge is -2.19. The van der Waals surface area contributed by atoms with Crippen molar-refractivity contribution >= 4 is 17.4 Å². The molecule has 3 heteroatoms. The molecule has 1 fully saturated rings. The van der Waals surface area contributed by atoms with Crippen molar-refractivity contribution in [2.24, 2.45) is 0 Å². The van der Waals surface area contributed by atoms with Gasteiger partial charge in [0.25, 0.3) is 0 Å². The van der Waals surface area contributed by atoms with Crippen LogP contribution in [0, 0.1) is 6.92 Å². The van der Waals surface area contributed by atoms with Crippen molar-refractivity contribution < 1.29 is 5.11 Å². The second kappa shape index (κ2) is 4.45. The normalized spacial score (nSPS) is 22.9. The zero-order valence-electron chi connectivity index (χ0n) is 8.94. The first-order valence-corrected chi connectivity index (χ1v) is 6.39. The van der Waals surface area contributed by atoms with Gasteiger partial charge in [-0.15, -0.1) is 0 Å². The largest absolute Gasteiger partial charge is 0.398 e. The van der Waals surface area contributed by atoms with Crippen LogP contribution in [0.4, 0.5) is 5.69 Å². The molecule has 2 nitrogen and oxygen atoms in total. The number of nitrogen functional groups attached to an aromatic ring is 1. The zero-order valence-corrected chi connectivity index (χ0v) is 9.76. The van der Waals surface area contributed by atoms with Gasteiger partial charge in [-0.25, -0.2) is 0 Å². The number of nitrogens with two attached hydrogens (primary N) is 1. The minimum atomic E-state index is -0.405. The Hall–Kier alpha value is -0.670. The van der Waals surface area contributed by atoms with E-state index in [0.29, 0.717) is 5.25 Å². The van der Waals surface area contributed by atoms with Crippen LogP contribution in [0.2, 0.25) is 0 Å². The molecule has 2 rings (SSSR count). The highest BCUT2D eigenvalue weighted by Crippen LogP contribution is 2.37. The van der Waals surface area contributed by atoms with Gasteiger partial charge in [-0.2, -0.15) is 11.8 Å². The first kappa shape index (κ1) is 10.8. The van der Waals surface area contributed by atoms with Gasteiger partial charge < -0.3 is 10.8 Å². The topological polar surface area (TPSA) is 46.2 Å². The summed E-state index contributed by atoms with van der Waals surface area (Å²) in [4.78, 5) is 0. The van der Waals surface area contributed by atoms with E-state index in [1.807, 2.05) is 36.9 Å². The minimum absolute atomic E-state index is 0.329. The summed E-state index contributed by atoms with van der Waals surface area (Å²) in [6, 6.07) is 5.89. The molecule has 1 heterocycles. The highest BCUT2D eigenvalue weighted by Gasteiger charge is 2.26. The number of hydrogen-bond acceptors (Lipinski definition) is 3. The summed E-state index contributed by atoms with van der Waals surface area (Å²) in [6.07, 6.45) is 1.90. The number of rotatable bonds is 2. The molecule has 0 radical (unpaired) electrons. The van der Waals surface area contributed by atoms with Gasteiger partial charge in [-0.3, -0.25) is 0 Å². The van der Waals surface area contributed by atoms with Gasteiger partial charge in [-0.05, 0) is 37.1 Å². The summed E-state index contributed by atoms with van der Waals surface area (Å²) in [5, 5.41) is 10.5. The van der Waals surface area contributed by atoms with Crippen molar-refractivity contribution in [3.8, 4) is 0 Å². The standard InChI is InChI=1S/C12H17NOS/c1-8-4-5-9(10(13)7-8)12(14)11-3-2-6-15-11/h4-5,7,11-12,14H,2-3,6,13H2,1H3. The fourth-order valence-corrected chi connectivity index (χ4v) is 3.31. The highest BCUT2D eigenvalue weighted by atomic mass is 32.2. The van der Waals surface area contributed by atoms with Crippen LogP contribution in [0.15, 0.2) is 18.2 Å². The molecule has 0 bridgehead atoms. The number of aryl methyl sites for hydroxylation is 1. The molecule has 1 saturated heterocycles. The quantitative estimate of drug-likeness (QED) is 0.757. The highest BCUT2D eigenvalue weighted by molar-refractivity contribution is 8.00. The average molecular weight is 223 g/mol. The van der Waals surface area contributed by atoms with Gasteiger partial charge in [0.1, 0.15) is 0 Å². The van der Waals surface area contributed by atoms with E-state index in [4.69, 9.17) is 5.73 Å². The second-order valence-corrected chi connectivity index (χ2v) is 5.48. The van der Waals surface area contributed by atoms with Crippen molar-refractivity contribution in [1.82, 2.24) is 0 Å². The molecule has 0 spiro atoms. The third kappa shape index (κ3) is 2.29. The summed E-state index contributed by atoms with van der Waals surface area (Å²) in [7, 11) is 0. The van der Waals surface area contributed by atoms with Crippen molar-refractivity contribution in [2.75, 3.05) is 11.5 Å². The number of anilines is 1. The lowest BCUT2D eigenvalue weighted by atomic mass is 10.0. The van der Waals surface area contributed by atoms with Gasteiger partial charge in [0.2, 0.25) is 0 Å². The fourth-order valence-electron chi connectivity index (χ4n) is 2.02. The van der Waals surface area contributed by atoms with Crippen molar-refractivity contribution in [1.29, 1.82) is 0 Å². The van der Waals surface area contributed by atoms with E-state index >= 15 is 0 Å². The third-order valence-electron chi connectivity index (χ3n) is 2.88. The summed E-state index contributed by atoms with van der Waals surface area (Å²) in [5.41, 5.74) is 8.67. The van der Waals surface area contributed by atoms with Crippen LogP contribution in [0.1, 0.15) is 30.1 Å². The number of aliphatic hydroxyl groups is 1. The molecule has 0 saturated carbocycles. The molecule has 2 atom stereocenters. The molecule has 1 aliphatic rings. The monoisotopic (exact) mass is 223 g/mol. The smallest absolute Gasteiger partial charge is 0.0928 e. The van der Waals surface area contributed by atoms with Crippen LogP contribution in [0.25, 0.3) is 0 Å². The molecule has 82 valence electrons.